The lowest BCUT2D eigenvalue weighted by atomic mass is 9.97. The number of rotatable bonds is 4. The van der Waals surface area contributed by atoms with Crippen LogP contribution in [0.2, 0.25) is 0 Å². The van der Waals surface area contributed by atoms with Gasteiger partial charge in [-0.25, -0.2) is 0 Å². The Kier molecular flexibility index (Phi) is 4.38. The second kappa shape index (κ2) is 6.82. The predicted molar refractivity (Wildman–Crippen MR) is 97.7 cm³/mol. The van der Waals surface area contributed by atoms with Crippen molar-refractivity contribution in [1.29, 1.82) is 0 Å². The molecule has 1 aliphatic rings. The van der Waals surface area contributed by atoms with Gasteiger partial charge in [0.25, 0.3) is 5.91 Å². The Hall–Kier alpha value is -2.44. The van der Waals surface area contributed by atoms with Gasteiger partial charge < -0.3 is 10.1 Å². The molecule has 25 heavy (non-hydrogen) atoms. The molecule has 1 N–H and O–H groups in total. The normalized spacial score (nSPS) is 16.4. The van der Waals surface area contributed by atoms with Crippen LogP contribution >= 0.6 is 11.3 Å². The highest BCUT2D eigenvalue weighted by molar-refractivity contribution is 7.13. The first-order chi connectivity index (χ1) is 12.2. The molecule has 3 aromatic rings. The number of amides is 1. The first kappa shape index (κ1) is 16.1. The maximum atomic E-state index is 12.6. The molecule has 0 radical (unpaired) electrons. The highest BCUT2D eigenvalue weighted by atomic mass is 32.1. The number of aromatic nitrogens is 2. The van der Waals surface area contributed by atoms with Gasteiger partial charge in [-0.2, -0.15) is 5.10 Å². The number of benzene rings is 1. The fourth-order valence-corrected chi connectivity index (χ4v) is 3.83. The molecule has 1 aromatic carbocycles. The number of nitrogens with one attached hydrogen (secondary N) is 1. The summed E-state index contributed by atoms with van der Waals surface area (Å²) >= 11 is 1.61. The zero-order chi connectivity index (χ0) is 17.2. The zero-order valence-electron chi connectivity index (χ0n) is 13.9. The zero-order valence-corrected chi connectivity index (χ0v) is 14.8. The molecular weight excluding hydrogens is 334 g/mol. The average molecular weight is 353 g/mol. The van der Waals surface area contributed by atoms with Gasteiger partial charge in [0, 0.05) is 13.6 Å². The van der Waals surface area contributed by atoms with Crippen LogP contribution in [0.4, 0.5) is 0 Å². The summed E-state index contributed by atoms with van der Waals surface area (Å²) in [5.41, 5.74) is 3.83. The van der Waals surface area contributed by atoms with Crippen LogP contribution in [0.3, 0.4) is 0 Å². The van der Waals surface area contributed by atoms with E-state index in [1.54, 1.807) is 23.1 Å². The topological polar surface area (TPSA) is 56.2 Å². The molecule has 4 rings (SSSR count). The summed E-state index contributed by atoms with van der Waals surface area (Å²) in [6.45, 7) is 1.14. The molecule has 2 aromatic heterocycles. The van der Waals surface area contributed by atoms with Crippen molar-refractivity contribution < 1.29 is 9.53 Å². The summed E-state index contributed by atoms with van der Waals surface area (Å²) in [6.07, 6.45) is 0.825. The Morgan fingerprint density at radius 3 is 3.08 bits per heavy atom. The van der Waals surface area contributed by atoms with E-state index in [1.807, 2.05) is 35.7 Å². The predicted octanol–water partition coefficient (Wildman–Crippen LogP) is 3.19. The minimum absolute atomic E-state index is 0.0982. The summed E-state index contributed by atoms with van der Waals surface area (Å²) in [4.78, 5) is 13.6. The molecule has 1 aliphatic heterocycles. The van der Waals surface area contributed by atoms with Crippen molar-refractivity contribution in [1.82, 2.24) is 15.1 Å². The quantitative estimate of drug-likeness (QED) is 0.784. The van der Waals surface area contributed by atoms with Crippen molar-refractivity contribution in [2.24, 2.45) is 7.05 Å². The fraction of sp³-hybridized carbons (Fsp3) is 0.263. The molecule has 0 fully saturated rings. The second-order valence-corrected chi connectivity index (χ2v) is 6.98. The SMILES string of the molecule is Cn1nc(-c2cccs2)cc1C(=O)NC[C@@H]1OCCc2ccccc21. The number of carbonyl (C=O) groups excluding carboxylic acids is 1. The van der Waals surface area contributed by atoms with Crippen molar-refractivity contribution in [2.45, 2.75) is 12.5 Å². The maximum Gasteiger partial charge on any atom is 0.269 e. The standard InChI is InChI=1S/C19H19N3O2S/c1-22-16(11-15(21-22)18-7-4-10-25-18)19(23)20-12-17-14-6-3-2-5-13(14)8-9-24-17/h2-7,10-11,17H,8-9,12H2,1H3,(H,20,23)/t17-/m0/s1. The number of thiophene rings is 1. The van der Waals surface area contributed by atoms with Crippen LogP contribution in [-0.2, 0) is 18.2 Å². The summed E-state index contributed by atoms with van der Waals surface area (Å²) in [7, 11) is 1.79. The summed E-state index contributed by atoms with van der Waals surface area (Å²) in [6, 6.07) is 14.1. The van der Waals surface area contributed by atoms with Crippen LogP contribution in [-0.4, -0.2) is 28.8 Å². The molecule has 0 unspecified atom stereocenters. The van der Waals surface area contributed by atoms with Crippen molar-refractivity contribution >= 4 is 17.2 Å². The molecule has 1 amide bonds. The van der Waals surface area contributed by atoms with Gasteiger partial charge >= 0.3 is 0 Å². The molecule has 128 valence electrons. The molecule has 0 saturated carbocycles. The van der Waals surface area contributed by atoms with Crippen molar-refractivity contribution in [3.8, 4) is 10.6 Å². The molecule has 3 heterocycles. The third kappa shape index (κ3) is 3.23. The van der Waals surface area contributed by atoms with Crippen LogP contribution in [0.15, 0.2) is 47.8 Å². The third-order valence-electron chi connectivity index (χ3n) is 4.43. The number of hydrogen-bond donors (Lipinski definition) is 1. The monoisotopic (exact) mass is 353 g/mol. The smallest absolute Gasteiger partial charge is 0.269 e. The van der Waals surface area contributed by atoms with Crippen LogP contribution in [0.5, 0.6) is 0 Å². The van der Waals surface area contributed by atoms with E-state index in [0.717, 1.165) is 17.0 Å². The second-order valence-electron chi connectivity index (χ2n) is 6.03. The van der Waals surface area contributed by atoms with E-state index < -0.39 is 0 Å². The number of aryl methyl sites for hydroxylation is 1. The highest BCUT2D eigenvalue weighted by Gasteiger charge is 2.22. The summed E-state index contributed by atoms with van der Waals surface area (Å²) in [5, 5.41) is 9.43. The van der Waals surface area contributed by atoms with Gasteiger partial charge in [0.15, 0.2) is 0 Å². The van der Waals surface area contributed by atoms with Crippen molar-refractivity contribution in [3.63, 3.8) is 0 Å². The molecule has 6 heteroatoms. The maximum absolute atomic E-state index is 12.6. The third-order valence-corrected chi connectivity index (χ3v) is 5.32. The number of hydrogen-bond acceptors (Lipinski definition) is 4. The van der Waals surface area contributed by atoms with E-state index in [9.17, 15) is 4.79 Å². The van der Waals surface area contributed by atoms with Crippen molar-refractivity contribution in [3.05, 3.63) is 64.7 Å². The number of ether oxygens (including phenoxy) is 1. The van der Waals surface area contributed by atoms with Gasteiger partial charge in [-0.15, -0.1) is 11.3 Å². The summed E-state index contributed by atoms with van der Waals surface area (Å²) in [5.74, 6) is -0.135. The van der Waals surface area contributed by atoms with E-state index in [1.165, 1.54) is 11.1 Å². The lowest BCUT2D eigenvalue weighted by molar-refractivity contribution is 0.0410. The van der Waals surface area contributed by atoms with E-state index in [-0.39, 0.29) is 12.0 Å². The molecule has 0 bridgehead atoms. The van der Waals surface area contributed by atoms with Crippen molar-refractivity contribution in [2.75, 3.05) is 13.2 Å². The van der Waals surface area contributed by atoms with Crippen LogP contribution in [0, 0.1) is 0 Å². The van der Waals surface area contributed by atoms with E-state index >= 15 is 0 Å². The molecule has 0 spiro atoms. The summed E-state index contributed by atoms with van der Waals surface area (Å²) < 4.78 is 7.47. The average Bonchev–Trinajstić information content (AvgIpc) is 3.29. The van der Waals surface area contributed by atoms with Crippen LogP contribution < -0.4 is 5.32 Å². The lowest BCUT2D eigenvalue weighted by Gasteiger charge is -2.26. The lowest BCUT2D eigenvalue weighted by Crippen LogP contribution is -2.32. The largest absolute Gasteiger partial charge is 0.371 e. The first-order valence-corrected chi connectivity index (χ1v) is 9.16. The molecular formula is C19H19N3O2S. The van der Waals surface area contributed by atoms with Gasteiger partial charge in [-0.3, -0.25) is 9.48 Å². The Morgan fingerprint density at radius 2 is 2.24 bits per heavy atom. The number of nitrogens with zero attached hydrogens (tertiary/aromatic N) is 2. The minimum Gasteiger partial charge on any atom is -0.371 e. The minimum atomic E-state index is -0.135. The Labute approximate surface area is 150 Å². The Bertz CT molecular complexity index is 886. The van der Waals surface area contributed by atoms with Gasteiger partial charge in [-0.1, -0.05) is 30.3 Å². The van der Waals surface area contributed by atoms with E-state index in [2.05, 4.69) is 22.5 Å². The number of carbonyl (C=O) groups is 1. The van der Waals surface area contributed by atoms with E-state index in [4.69, 9.17) is 4.74 Å². The fourth-order valence-electron chi connectivity index (χ4n) is 3.15. The highest BCUT2D eigenvalue weighted by Crippen LogP contribution is 2.27. The molecule has 0 aliphatic carbocycles. The molecule has 5 nitrogen and oxygen atoms in total. The first-order valence-electron chi connectivity index (χ1n) is 8.28. The Morgan fingerprint density at radius 1 is 1.36 bits per heavy atom. The van der Waals surface area contributed by atoms with Crippen LogP contribution in [0.1, 0.15) is 27.7 Å². The van der Waals surface area contributed by atoms with Gasteiger partial charge in [0.2, 0.25) is 0 Å². The van der Waals surface area contributed by atoms with Gasteiger partial charge in [-0.05, 0) is 35.1 Å². The van der Waals surface area contributed by atoms with Crippen LogP contribution in [0.25, 0.3) is 10.6 Å². The van der Waals surface area contributed by atoms with Gasteiger partial charge in [0.1, 0.15) is 17.5 Å². The molecule has 0 saturated heterocycles. The van der Waals surface area contributed by atoms with Gasteiger partial charge in [0.05, 0.1) is 11.5 Å². The van der Waals surface area contributed by atoms with E-state index in [0.29, 0.717) is 18.8 Å². The number of fused-ring (bicyclic) bond motifs is 1. The Balaban J connectivity index is 1.47. The molecule has 1 atom stereocenters.